The lowest BCUT2D eigenvalue weighted by atomic mass is 10.3. The molecule has 2 aromatic carbocycles. The Labute approximate surface area is 160 Å². The first-order valence-corrected chi connectivity index (χ1v) is 9.85. The molecule has 1 unspecified atom stereocenters. The Morgan fingerprint density at radius 1 is 1.12 bits per heavy atom. The summed E-state index contributed by atoms with van der Waals surface area (Å²) in [4.78, 5) is 5.98. The quantitative estimate of drug-likeness (QED) is 0.378. The molecular weight excluding hydrogens is 383 g/mol. The minimum Gasteiger partial charge on any atom is -0.327 e. The van der Waals surface area contributed by atoms with E-state index in [1.807, 2.05) is 42.5 Å². The Balaban J connectivity index is 1.60. The van der Waals surface area contributed by atoms with Crippen LogP contribution in [0.25, 0.3) is 11.0 Å². The number of para-hydroxylation sites is 2. The maximum absolute atomic E-state index is 6.23. The normalized spacial score (nSPS) is 18.9. The Morgan fingerprint density at radius 3 is 2.54 bits per heavy atom. The predicted molar refractivity (Wildman–Crippen MR) is 103 cm³/mol. The fourth-order valence-corrected chi connectivity index (χ4v) is 4.29. The van der Waals surface area contributed by atoms with Crippen molar-refractivity contribution in [2.45, 2.75) is 27.9 Å². The number of hydrogen-bond acceptors (Lipinski definition) is 2. The van der Waals surface area contributed by atoms with Gasteiger partial charge in [-0.15, -0.1) is 35.0 Å². The molecule has 24 heavy (non-hydrogen) atoms. The second-order valence-electron chi connectivity index (χ2n) is 6.03. The van der Waals surface area contributed by atoms with E-state index in [4.69, 9.17) is 39.8 Å². The van der Waals surface area contributed by atoms with Gasteiger partial charge in [0.25, 0.3) is 0 Å². The Morgan fingerprint density at radius 2 is 1.83 bits per heavy atom. The predicted octanol–water partition coefficient (Wildman–Crippen LogP) is 6.18. The van der Waals surface area contributed by atoms with Crippen LogP contribution < -0.4 is 0 Å². The van der Waals surface area contributed by atoms with Gasteiger partial charge in [0.1, 0.15) is 10.2 Å². The highest BCUT2D eigenvalue weighted by Crippen LogP contribution is 2.54. The summed E-state index contributed by atoms with van der Waals surface area (Å²) in [6.45, 7) is 0.810. The highest BCUT2D eigenvalue weighted by Gasteiger charge is 2.51. The minimum absolute atomic E-state index is 0.290. The van der Waals surface area contributed by atoms with Crippen molar-refractivity contribution in [2.24, 2.45) is 5.92 Å². The average molecular weight is 398 g/mol. The molecule has 1 atom stereocenters. The SMILES string of the molecule is Clc1ccc(SCc2nc3ccccc3n2CC2CC2(Cl)Cl)cc1. The molecule has 0 N–H and O–H groups in total. The van der Waals surface area contributed by atoms with E-state index in [0.29, 0.717) is 0 Å². The largest absolute Gasteiger partial charge is 0.327 e. The van der Waals surface area contributed by atoms with Crippen LogP contribution in [0.5, 0.6) is 0 Å². The van der Waals surface area contributed by atoms with E-state index in [2.05, 4.69) is 10.6 Å². The van der Waals surface area contributed by atoms with E-state index < -0.39 is 4.33 Å². The summed E-state index contributed by atoms with van der Waals surface area (Å²) < 4.78 is 1.68. The summed E-state index contributed by atoms with van der Waals surface area (Å²) >= 11 is 20.2. The molecule has 3 aromatic rings. The van der Waals surface area contributed by atoms with Crippen LogP contribution in [0.2, 0.25) is 5.02 Å². The van der Waals surface area contributed by atoms with Gasteiger partial charge in [0.2, 0.25) is 0 Å². The molecule has 2 nitrogen and oxygen atoms in total. The molecule has 1 saturated carbocycles. The van der Waals surface area contributed by atoms with Crippen LogP contribution in [0.1, 0.15) is 12.2 Å². The fraction of sp³-hybridized carbons (Fsp3) is 0.278. The first-order valence-electron chi connectivity index (χ1n) is 7.73. The van der Waals surface area contributed by atoms with Crippen molar-refractivity contribution in [3.8, 4) is 0 Å². The van der Waals surface area contributed by atoms with Crippen LogP contribution in [0, 0.1) is 5.92 Å². The Hall–Kier alpha value is -0.870. The highest BCUT2D eigenvalue weighted by atomic mass is 35.5. The number of alkyl halides is 2. The minimum atomic E-state index is -0.577. The zero-order valence-electron chi connectivity index (χ0n) is 12.8. The molecule has 124 valence electrons. The molecule has 0 spiro atoms. The van der Waals surface area contributed by atoms with E-state index >= 15 is 0 Å². The molecule has 0 aliphatic heterocycles. The van der Waals surface area contributed by atoms with E-state index in [0.717, 1.165) is 40.6 Å². The van der Waals surface area contributed by atoms with Crippen molar-refractivity contribution < 1.29 is 0 Å². The fourth-order valence-electron chi connectivity index (χ4n) is 2.81. The smallest absolute Gasteiger partial charge is 0.123 e. The third-order valence-electron chi connectivity index (χ3n) is 4.27. The number of halogens is 3. The number of fused-ring (bicyclic) bond motifs is 1. The maximum atomic E-state index is 6.23. The van der Waals surface area contributed by atoms with Crippen LogP contribution in [0.15, 0.2) is 53.4 Å². The summed E-state index contributed by atoms with van der Waals surface area (Å²) in [6.07, 6.45) is 0.840. The number of thioether (sulfide) groups is 1. The van der Waals surface area contributed by atoms with Gasteiger partial charge in [-0.2, -0.15) is 0 Å². The molecular formula is C18H15Cl3N2S. The summed E-state index contributed by atoms with van der Waals surface area (Å²) in [6, 6.07) is 16.1. The van der Waals surface area contributed by atoms with E-state index in [-0.39, 0.29) is 5.92 Å². The molecule has 1 heterocycles. The monoisotopic (exact) mass is 396 g/mol. The van der Waals surface area contributed by atoms with Crippen molar-refractivity contribution in [1.82, 2.24) is 9.55 Å². The maximum Gasteiger partial charge on any atom is 0.123 e. The number of nitrogens with zero attached hydrogens (tertiary/aromatic N) is 2. The summed E-state index contributed by atoms with van der Waals surface area (Å²) in [5.74, 6) is 2.13. The molecule has 4 rings (SSSR count). The summed E-state index contributed by atoms with van der Waals surface area (Å²) in [5.41, 5.74) is 2.15. The standard InChI is InChI=1S/C18H15Cl3N2S/c19-13-5-7-14(8-6-13)24-11-17-22-15-3-1-2-4-16(15)23(17)10-12-9-18(12,20)21/h1-8,12H,9-11H2. The lowest BCUT2D eigenvalue weighted by molar-refractivity contribution is 0.618. The molecule has 0 amide bonds. The molecule has 1 aromatic heterocycles. The number of benzene rings is 2. The third-order valence-corrected chi connectivity index (χ3v) is 6.46. The van der Waals surface area contributed by atoms with Gasteiger partial charge < -0.3 is 4.57 Å². The summed E-state index contributed by atoms with van der Waals surface area (Å²) in [5, 5.41) is 0.751. The Kier molecular flexibility index (Phi) is 4.46. The summed E-state index contributed by atoms with van der Waals surface area (Å²) in [7, 11) is 0. The molecule has 1 aliphatic carbocycles. The molecule has 1 fully saturated rings. The van der Waals surface area contributed by atoms with Gasteiger partial charge in [-0.1, -0.05) is 23.7 Å². The first kappa shape index (κ1) is 16.6. The lowest BCUT2D eigenvalue weighted by Gasteiger charge is -2.09. The van der Waals surface area contributed by atoms with Crippen molar-refractivity contribution in [1.29, 1.82) is 0 Å². The van der Waals surface area contributed by atoms with Crippen LogP contribution in [0.3, 0.4) is 0 Å². The van der Waals surface area contributed by atoms with Gasteiger partial charge in [0.05, 0.1) is 16.8 Å². The van der Waals surface area contributed by atoms with Crippen molar-refractivity contribution >= 4 is 57.6 Å². The van der Waals surface area contributed by atoms with Gasteiger partial charge in [0.15, 0.2) is 0 Å². The molecule has 0 bridgehead atoms. The zero-order valence-corrected chi connectivity index (χ0v) is 15.8. The van der Waals surface area contributed by atoms with Crippen LogP contribution in [-0.2, 0) is 12.3 Å². The van der Waals surface area contributed by atoms with Crippen molar-refractivity contribution in [3.63, 3.8) is 0 Å². The second-order valence-corrected chi connectivity index (χ2v) is 9.06. The van der Waals surface area contributed by atoms with Gasteiger partial charge in [-0.3, -0.25) is 0 Å². The van der Waals surface area contributed by atoms with Crippen LogP contribution in [-0.4, -0.2) is 13.9 Å². The van der Waals surface area contributed by atoms with Gasteiger partial charge in [0, 0.05) is 22.4 Å². The molecule has 1 aliphatic rings. The van der Waals surface area contributed by atoms with Gasteiger partial charge >= 0.3 is 0 Å². The van der Waals surface area contributed by atoms with E-state index in [9.17, 15) is 0 Å². The van der Waals surface area contributed by atoms with Crippen molar-refractivity contribution in [3.05, 3.63) is 59.4 Å². The van der Waals surface area contributed by atoms with Gasteiger partial charge in [-0.25, -0.2) is 4.98 Å². The van der Waals surface area contributed by atoms with Crippen molar-refractivity contribution in [2.75, 3.05) is 0 Å². The molecule has 0 saturated heterocycles. The third kappa shape index (κ3) is 3.41. The topological polar surface area (TPSA) is 17.8 Å². The number of rotatable bonds is 5. The number of imidazole rings is 1. The molecule has 6 heteroatoms. The van der Waals surface area contributed by atoms with Gasteiger partial charge in [-0.05, 0) is 42.8 Å². The van der Waals surface area contributed by atoms with Crippen LogP contribution in [0.4, 0.5) is 0 Å². The lowest BCUT2D eigenvalue weighted by Crippen LogP contribution is -2.07. The average Bonchev–Trinajstić information content (AvgIpc) is 3.01. The first-order chi connectivity index (χ1) is 11.5. The Bertz CT molecular complexity index is 874. The second kappa shape index (κ2) is 6.45. The van der Waals surface area contributed by atoms with E-state index in [1.54, 1.807) is 11.8 Å². The highest BCUT2D eigenvalue weighted by molar-refractivity contribution is 7.98. The van der Waals surface area contributed by atoms with Crippen LogP contribution >= 0.6 is 46.6 Å². The molecule has 0 radical (unpaired) electrons. The zero-order chi connectivity index (χ0) is 16.7. The van der Waals surface area contributed by atoms with E-state index in [1.165, 1.54) is 4.90 Å². The number of aromatic nitrogens is 2. The number of hydrogen-bond donors (Lipinski definition) is 0.